The third kappa shape index (κ3) is 8.68. The summed E-state index contributed by atoms with van der Waals surface area (Å²) < 4.78 is 10.8. The molecule has 0 bridgehead atoms. The zero-order valence-electron chi connectivity index (χ0n) is 21.9. The van der Waals surface area contributed by atoms with Gasteiger partial charge in [0.05, 0.1) is 5.92 Å². The zero-order valence-corrected chi connectivity index (χ0v) is 21.9. The Morgan fingerprint density at radius 2 is 1.92 bits per heavy atom. The second-order valence-electron chi connectivity index (χ2n) is 9.90. The Morgan fingerprint density at radius 3 is 2.71 bits per heavy atom. The third-order valence-corrected chi connectivity index (χ3v) is 7.06. The summed E-state index contributed by atoms with van der Waals surface area (Å²) in [6.45, 7) is 0.593. The number of nitrogens with zero attached hydrogens (tertiary/aromatic N) is 2. The lowest BCUT2D eigenvalue weighted by atomic mass is 9.86. The summed E-state index contributed by atoms with van der Waals surface area (Å²) in [5, 5.41) is 2.89. The number of ether oxygens (including phenoxy) is 1. The molecule has 0 aliphatic heterocycles. The monoisotopic (exact) mass is 515 g/mol. The predicted octanol–water partition coefficient (Wildman–Crippen LogP) is 6.73. The minimum absolute atomic E-state index is 0.107. The van der Waals surface area contributed by atoms with Crippen LogP contribution in [0.4, 0.5) is 0 Å². The number of hydrogen-bond acceptors (Lipinski definition) is 6. The molecule has 1 unspecified atom stereocenters. The minimum Gasteiger partial charge on any atom is -0.416 e. The first-order valence-electron chi connectivity index (χ1n) is 13.8. The van der Waals surface area contributed by atoms with E-state index in [2.05, 4.69) is 15.3 Å². The van der Waals surface area contributed by atoms with Gasteiger partial charge >= 0.3 is 12.0 Å². The molecule has 1 N–H and O–H groups in total. The Bertz CT molecular complexity index is 1150. The fourth-order valence-corrected chi connectivity index (χ4v) is 4.95. The van der Waals surface area contributed by atoms with Gasteiger partial charge in [-0.15, -0.1) is 0 Å². The van der Waals surface area contributed by atoms with Gasteiger partial charge in [-0.3, -0.25) is 14.6 Å². The summed E-state index contributed by atoms with van der Waals surface area (Å²) >= 11 is 0. The molecule has 1 amide bonds. The first kappa shape index (κ1) is 27.3. The summed E-state index contributed by atoms with van der Waals surface area (Å²) in [5.74, 6) is -0.441. The maximum atomic E-state index is 13.1. The molecule has 2 aromatic heterocycles. The Labute approximate surface area is 224 Å². The minimum atomic E-state index is -0.497. The predicted molar refractivity (Wildman–Crippen MR) is 147 cm³/mol. The highest BCUT2D eigenvalue weighted by Gasteiger charge is 2.24. The van der Waals surface area contributed by atoms with Gasteiger partial charge in [0.15, 0.2) is 5.69 Å². The fraction of sp³-hybridized carbons (Fsp3) is 0.419. The average Bonchev–Trinajstić information content (AvgIpc) is 3.43. The number of allylic oxidation sites excluding steroid dienone is 1. The SMILES string of the molecule is O=C(NCCCCC1CCCCC1)c1coc(OC(=O)C(CCC=Cc2cccnc2)c2ccccc2)n1. The number of aromatic nitrogens is 2. The van der Waals surface area contributed by atoms with Crippen LogP contribution in [0.5, 0.6) is 6.08 Å². The number of carbonyl (C=O) groups excluding carboxylic acids is 2. The van der Waals surface area contributed by atoms with Crippen molar-refractivity contribution < 1.29 is 18.7 Å². The highest BCUT2D eigenvalue weighted by molar-refractivity contribution is 5.92. The van der Waals surface area contributed by atoms with E-state index in [1.807, 2.05) is 54.6 Å². The van der Waals surface area contributed by atoms with E-state index in [-0.39, 0.29) is 17.7 Å². The fourth-order valence-electron chi connectivity index (χ4n) is 4.95. The van der Waals surface area contributed by atoms with Crippen LogP contribution in [0.15, 0.2) is 71.6 Å². The van der Waals surface area contributed by atoms with Crippen LogP contribution < -0.4 is 10.1 Å². The molecule has 0 saturated heterocycles. The molecule has 0 radical (unpaired) electrons. The molecule has 1 aliphatic rings. The van der Waals surface area contributed by atoms with Crippen LogP contribution >= 0.6 is 0 Å². The Morgan fingerprint density at radius 1 is 1.08 bits per heavy atom. The maximum absolute atomic E-state index is 13.1. The molecule has 1 aliphatic carbocycles. The largest absolute Gasteiger partial charge is 0.416 e. The van der Waals surface area contributed by atoms with Crippen LogP contribution in [-0.2, 0) is 4.79 Å². The van der Waals surface area contributed by atoms with Crippen molar-refractivity contribution in [1.29, 1.82) is 0 Å². The Balaban J connectivity index is 1.25. The summed E-state index contributed by atoms with van der Waals surface area (Å²) in [5.41, 5.74) is 1.96. The molecule has 1 saturated carbocycles. The lowest BCUT2D eigenvalue weighted by Gasteiger charge is -2.21. The second kappa shape index (κ2) is 14.9. The number of pyridine rings is 1. The number of esters is 1. The molecule has 0 spiro atoms. The van der Waals surface area contributed by atoms with Gasteiger partial charge in [-0.25, -0.2) is 0 Å². The highest BCUT2D eigenvalue weighted by atomic mass is 16.6. The first-order chi connectivity index (χ1) is 18.7. The number of unbranched alkanes of at least 4 members (excludes halogenated alkanes) is 1. The van der Waals surface area contributed by atoms with E-state index in [0.29, 0.717) is 19.4 Å². The van der Waals surface area contributed by atoms with Crippen LogP contribution in [-0.4, -0.2) is 28.4 Å². The maximum Gasteiger partial charge on any atom is 0.402 e. The van der Waals surface area contributed by atoms with Gasteiger partial charge in [-0.05, 0) is 42.4 Å². The number of carbonyl (C=O) groups is 2. The van der Waals surface area contributed by atoms with E-state index < -0.39 is 11.9 Å². The smallest absolute Gasteiger partial charge is 0.402 e. The van der Waals surface area contributed by atoms with Crippen LogP contribution in [0, 0.1) is 5.92 Å². The number of oxazole rings is 1. The van der Waals surface area contributed by atoms with Crippen LogP contribution in [0.2, 0.25) is 0 Å². The molecule has 3 aromatic rings. The molecule has 1 atom stereocenters. The summed E-state index contributed by atoms with van der Waals surface area (Å²) in [6.07, 6.45) is 19.8. The number of nitrogens with one attached hydrogen (secondary N) is 1. The molecule has 4 rings (SSSR count). The molecule has 7 nitrogen and oxygen atoms in total. The number of benzene rings is 1. The van der Waals surface area contributed by atoms with E-state index in [4.69, 9.17) is 9.15 Å². The highest BCUT2D eigenvalue weighted by Crippen LogP contribution is 2.28. The van der Waals surface area contributed by atoms with Gasteiger partial charge in [-0.2, -0.15) is 4.98 Å². The molecule has 38 heavy (non-hydrogen) atoms. The number of amides is 1. The van der Waals surface area contributed by atoms with Crippen molar-refractivity contribution in [2.45, 2.75) is 70.1 Å². The Hall–Kier alpha value is -3.74. The standard InChI is InChI=1S/C31H37N3O4/c35-29(33-21-10-9-14-24-12-3-1-4-13-24)28-23-37-31(34-28)38-30(36)27(26-17-5-2-6-18-26)19-8-7-15-25-16-11-20-32-22-25/h2,5-7,11,15-18,20,22-24,27H,1,3-4,8-10,12-14,19,21H2,(H,33,35). The molecule has 200 valence electrons. The van der Waals surface area contributed by atoms with E-state index in [9.17, 15) is 9.59 Å². The van der Waals surface area contributed by atoms with Crippen molar-refractivity contribution >= 4 is 18.0 Å². The van der Waals surface area contributed by atoms with E-state index in [1.165, 1.54) is 44.8 Å². The molecule has 2 heterocycles. The van der Waals surface area contributed by atoms with Gasteiger partial charge in [0.1, 0.15) is 6.26 Å². The van der Waals surface area contributed by atoms with Gasteiger partial charge in [0, 0.05) is 18.9 Å². The third-order valence-electron chi connectivity index (χ3n) is 7.06. The molecule has 1 fully saturated rings. The number of rotatable bonds is 13. The van der Waals surface area contributed by atoms with Crippen molar-refractivity contribution in [1.82, 2.24) is 15.3 Å². The quantitative estimate of drug-likeness (QED) is 0.200. The normalized spacial score (nSPS) is 14.8. The van der Waals surface area contributed by atoms with E-state index in [1.54, 1.807) is 12.4 Å². The van der Waals surface area contributed by atoms with E-state index >= 15 is 0 Å². The topological polar surface area (TPSA) is 94.3 Å². The van der Waals surface area contributed by atoms with Crippen LogP contribution in [0.25, 0.3) is 6.08 Å². The lowest BCUT2D eigenvalue weighted by Crippen LogP contribution is -2.25. The first-order valence-corrected chi connectivity index (χ1v) is 13.8. The zero-order chi connectivity index (χ0) is 26.4. The van der Waals surface area contributed by atoms with Gasteiger partial charge < -0.3 is 14.5 Å². The van der Waals surface area contributed by atoms with Crippen molar-refractivity contribution in [2.75, 3.05) is 6.54 Å². The average molecular weight is 516 g/mol. The van der Waals surface area contributed by atoms with Gasteiger partial charge in [0.2, 0.25) is 0 Å². The van der Waals surface area contributed by atoms with Crippen LogP contribution in [0.3, 0.4) is 0 Å². The van der Waals surface area contributed by atoms with Crippen molar-refractivity contribution in [3.05, 3.63) is 84.0 Å². The number of hydrogen-bond donors (Lipinski definition) is 1. The molecular weight excluding hydrogens is 478 g/mol. The summed E-state index contributed by atoms with van der Waals surface area (Å²) in [6, 6.07) is 13.4. The van der Waals surface area contributed by atoms with Crippen molar-refractivity contribution in [3.63, 3.8) is 0 Å². The summed E-state index contributed by atoms with van der Waals surface area (Å²) in [4.78, 5) is 33.7. The lowest BCUT2D eigenvalue weighted by molar-refractivity contribution is -0.137. The van der Waals surface area contributed by atoms with Gasteiger partial charge in [0.25, 0.3) is 5.91 Å². The molecule has 1 aromatic carbocycles. The second-order valence-corrected chi connectivity index (χ2v) is 9.90. The molecule has 7 heteroatoms. The van der Waals surface area contributed by atoms with Crippen LogP contribution in [0.1, 0.15) is 91.7 Å². The summed E-state index contributed by atoms with van der Waals surface area (Å²) in [7, 11) is 0. The van der Waals surface area contributed by atoms with Gasteiger partial charge in [-0.1, -0.05) is 93.5 Å². The van der Waals surface area contributed by atoms with E-state index in [0.717, 1.165) is 29.9 Å². The Kier molecular flexibility index (Phi) is 10.7. The van der Waals surface area contributed by atoms with Crippen molar-refractivity contribution in [3.8, 4) is 6.08 Å². The molecular formula is C31H37N3O4. The van der Waals surface area contributed by atoms with Crippen molar-refractivity contribution in [2.24, 2.45) is 5.92 Å².